The van der Waals surface area contributed by atoms with Gasteiger partial charge in [0, 0.05) is 16.6 Å². The van der Waals surface area contributed by atoms with E-state index >= 15 is 0 Å². The number of benzene rings is 2. The third-order valence-electron chi connectivity index (χ3n) is 3.72. The van der Waals surface area contributed by atoms with E-state index in [0.717, 1.165) is 11.1 Å². The number of carbonyl (C=O) groups is 1. The molecule has 2 N–H and O–H groups in total. The largest absolute Gasteiger partial charge is 0.328 e. The summed E-state index contributed by atoms with van der Waals surface area (Å²) in [5.74, 6) is -0.0603. The number of nitrogens with zero attached hydrogens (tertiary/aromatic N) is 1. The summed E-state index contributed by atoms with van der Waals surface area (Å²) in [5.41, 5.74) is 7.87. The van der Waals surface area contributed by atoms with Gasteiger partial charge in [0.25, 0.3) is 0 Å². The number of amides is 1. The fourth-order valence-corrected chi connectivity index (χ4v) is 3.15. The number of halogens is 2. The summed E-state index contributed by atoms with van der Waals surface area (Å²) >= 11 is 12.2. The Morgan fingerprint density at radius 2 is 1.81 bits per heavy atom. The van der Waals surface area contributed by atoms with Gasteiger partial charge < -0.3 is 10.6 Å². The zero-order chi connectivity index (χ0) is 15.0. The minimum absolute atomic E-state index is 0.0603. The third-order valence-corrected chi connectivity index (χ3v) is 4.28. The van der Waals surface area contributed by atoms with Crippen molar-refractivity contribution in [3.63, 3.8) is 0 Å². The predicted octanol–water partition coefficient (Wildman–Crippen LogP) is 3.40. The lowest BCUT2D eigenvalue weighted by Crippen LogP contribution is -2.62. The van der Waals surface area contributed by atoms with Gasteiger partial charge in [-0.15, -0.1) is 0 Å². The molecule has 0 unspecified atom stereocenters. The van der Waals surface area contributed by atoms with Gasteiger partial charge in [-0.05, 0) is 23.3 Å². The molecule has 1 aliphatic rings. The van der Waals surface area contributed by atoms with Crippen molar-refractivity contribution in [3.05, 3.63) is 69.7 Å². The average molecular weight is 321 g/mol. The van der Waals surface area contributed by atoms with Crippen LogP contribution in [0.15, 0.2) is 48.5 Å². The zero-order valence-corrected chi connectivity index (χ0v) is 12.7. The summed E-state index contributed by atoms with van der Waals surface area (Å²) in [6.07, 6.45) is 0. The van der Waals surface area contributed by atoms with Crippen LogP contribution in [0.4, 0.5) is 0 Å². The standard InChI is InChI=1S/C16H14Cl2N2O/c17-11-6-7-12(13(18)8-11)15-14(19)16(21)20(15)9-10-4-2-1-3-5-10/h1-8,14-15H,9,19H2/t14-,15+/m0/s1. The van der Waals surface area contributed by atoms with E-state index in [9.17, 15) is 4.79 Å². The molecule has 0 aliphatic carbocycles. The first-order valence-electron chi connectivity index (χ1n) is 6.63. The molecule has 108 valence electrons. The minimum Gasteiger partial charge on any atom is -0.328 e. The number of carbonyl (C=O) groups excluding carboxylic acids is 1. The molecule has 5 heteroatoms. The van der Waals surface area contributed by atoms with Gasteiger partial charge in [0.2, 0.25) is 5.91 Å². The van der Waals surface area contributed by atoms with Gasteiger partial charge in [-0.3, -0.25) is 4.79 Å². The molecule has 0 spiro atoms. The summed E-state index contributed by atoms with van der Waals surface area (Å²) in [7, 11) is 0. The van der Waals surface area contributed by atoms with E-state index in [0.29, 0.717) is 16.6 Å². The predicted molar refractivity (Wildman–Crippen MR) is 84.2 cm³/mol. The molecule has 21 heavy (non-hydrogen) atoms. The maximum atomic E-state index is 12.1. The van der Waals surface area contributed by atoms with Crippen molar-refractivity contribution in [2.24, 2.45) is 5.73 Å². The molecule has 1 saturated heterocycles. The maximum absolute atomic E-state index is 12.1. The number of β-lactam (4-membered cyclic amide) rings is 1. The second-order valence-electron chi connectivity index (χ2n) is 5.09. The number of likely N-dealkylation sites (tertiary alicyclic amines) is 1. The SMILES string of the molecule is N[C@@H]1C(=O)N(Cc2ccccc2)[C@@H]1c1ccc(Cl)cc1Cl. The number of hydrogen-bond donors (Lipinski definition) is 1. The quantitative estimate of drug-likeness (QED) is 0.881. The lowest BCUT2D eigenvalue weighted by molar-refractivity contribution is -0.150. The van der Waals surface area contributed by atoms with Gasteiger partial charge >= 0.3 is 0 Å². The first-order valence-corrected chi connectivity index (χ1v) is 7.38. The van der Waals surface area contributed by atoms with E-state index in [1.54, 1.807) is 17.0 Å². The Kier molecular flexibility index (Phi) is 3.89. The lowest BCUT2D eigenvalue weighted by Gasteiger charge is -2.46. The molecule has 0 bridgehead atoms. The highest BCUT2D eigenvalue weighted by molar-refractivity contribution is 6.35. The lowest BCUT2D eigenvalue weighted by atomic mass is 9.88. The van der Waals surface area contributed by atoms with Crippen molar-refractivity contribution in [2.75, 3.05) is 0 Å². The van der Waals surface area contributed by atoms with Crippen LogP contribution in [0.5, 0.6) is 0 Å². The van der Waals surface area contributed by atoms with Crippen LogP contribution in [0.1, 0.15) is 17.2 Å². The first-order chi connectivity index (χ1) is 10.1. The van der Waals surface area contributed by atoms with Crippen LogP contribution in [-0.2, 0) is 11.3 Å². The molecule has 3 rings (SSSR count). The summed E-state index contributed by atoms with van der Waals surface area (Å²) < 4.78 is 0. The molecule has 1 fully saturated rings. The van der Waals surface area contributed by atoms with E-state index < -0.39 is 6.04 Å². The first kappa shape index (κ1) is 14.4. The Hall–Kier alpha value is -1.55. The van der Waals surface area contributed by atoms with Gasteiger partial charge in [-0.2, -0.15) is 0 Å². The van der Waals surface area contributed by atoms with Crippen molar-refractivity contribution >= 4 is 29.1 Å². The molecular weight excluding hydrogens is 307 g/mol. The molecule has 0 saturated carbocycles. The highest BCUT2D eigenvalue weighted by atomic mass is 35.5. The van der Waals surface area contributed by atoms with Crippen LogP contribution in [0.3, 0.4) is 0 Å². The zero-order valence-electron chi connectivity index (χ0n) is 11.2. The molecule has 1 heterocycles. The molecule has 2 aromatic carbocycles. The van der Waals surface area contributed by atoms with Gasteiger partial charge in [-0.1, -0.05) is 59.6 Å². The Bertz CT molecular complexity index is 675. The van der Waals surface area contributed by atoms with Crippen LogP contribution < -0.4 is 5.73 Å². The van der Waals surface area contributed by atoms with Gasteiger partial charge in [0.15, 0.2) is 0 Å². The minimum atomic E-state index is -0.549. The molecule has 2 atom stereocenters. The van der Waals surface area contributed by atoms with Crippen molar-refractivity contribution in [1.29, 1.82) is 0 Å². The van der Waals surface area contributed by atoms with Crippen molar-refractivity contribution < 1.29 is 4.79 Å². The van der Waals surface area contributed by atoms with Crippen LogP contribution in [0, 0.1) is 0 Å². The summed E-state index contributed by atoms with van der Waals surface area (Å²) in [5, 5.41) is 1.10. The molecule has 1 aliphatic heterocycles. The van der Waals surface area contributed by atoms with Gasteiger partial charge in [0.05, 0.1) is 6.04 Å². The summed E-state index contributed by atoms with van der Waals surface area (Å²) in [6.45, 7) is 0.525. The maximum Gasteiger partial charge on any atom is 0.242 e. The van der Waals surface area contributed by atoms with Crippen LogP contribution in [-0.4, -0.2) is 16.8 Å². The molecule has 2 aromatic rings. The molecular formula is C16H14Cl2N2O. The Labute approximate surface area is 133 Å². The number of hydrogen-bond acceptors (Lipinski definition) is 2. The number of rotatable bonds is 3. The van der Waals surface area contributed by atoms with E-state index in [4.69, 9.17) is 28.9 Å². The fraction of sp³-hybridized carbons (Fsp3) is 0.188. The smallest absolute Gasteiger partial charge is 0.242 e. The monoisotopic (exact) mass is 320 g/mol. The van der Waals surface area contributed by atoms with E-state index in [1.165, 1.54) is 0 Å². The Morgan fingerprint density at radius 3 is 2.48 bits per heavy atom. The van der Waals surface area contributed by atoms with Crippen molar-refractivity contribution in [2.45, 2.75) is 18.6 Å². The van der Waals surface area contributed by atoms with Crippen LogP contribution in [0.25, 0.3) is 0 Å². The van der Waals surface area contributed by atoms with Gasteiger partial charge in [-0.25, -0.2) is 0 Å². The Balaban J connectivity index is 1.88. The topological polar surface area (TPSA) is 46.3 Å². The van der Waals surface area contributed by atoms with Crippen LogP contribution >= 0.6 is 23.2 Å². The highest BCUT2D eigenvalue weighted by Crippen LogP contribution is 2.39. The second kappa shape index (κ2) is 5.68. The normalized spacial score (nSPS) is 21.3. The highest BCUT2D eigenvalue weighted by Gasteiger charge is 2.46. The average Bonchev–Trinajstić information content (AvgIpc) is 2.49. The second-order valence-corrected chi connectivity index (χ2v) is 5.93. The molecule has 0 aromatic heterocycles. The van der Waals surface area contributed by atoms with Crippen molar-refractivity contribution in [3.8, 4) is 0 Å². The molecule has 1 amide bonds. The summed E-state index contributed by atoms with van der Waals surface area (Å²) in [6, 6.07) is 14.3. The van der Waals surface area contributed by atoms with E-state index in [-0.39, 0.29) is 11.9 Å². The van der Waals surface area contributed by atoms with E-state index in [2.05, 4.69) is 0 Å². The van der Waals surface area contributed by atoms with Crippen LogP contribution in [0.2, 0.25) is 10.0 Å². The molecule has 3 nitrogen and oxygen atoms in total. The molecule has 0 radical (unpaired) electrons. The van der Waals surface area contributed by atoms with Gasteiger partial charge in [0.1, 0.15) is 6.04 Å². The summed E-state index contributed by atoms with van der Waals surface area (Å²) in [4.78, 5) is 13.8. The third kappa shape index (κ3) is 2.64. The van der Waals surface area contributed by atoms with E-state index in [1.807, 2.05) is 36.4 Å². The Morgan fingerprint density at radius 1 is 1.10 bits per heavy atom. The number of nitrogens with two attached hydrogens (primary N) is 1. The fourth-order valence-electron chi connectivity index (χ4n) is 2.63. The van der Waals surface area contributed by atoms with Crippen molar-refractivity contribution in [1.82, 2.24) is 4.90 Å².